The molecule has 1 amide bonds. The monoisotopic (exact) mass is 374 g/mol. The van der Waals surface area contributed by atoms with Gasteiger partial charge in [-0.1, -0.05) is 0 Å². The first-order valence-corrected chi connectivity index (χ1v) is 8.70. The Kier molecular flexibility index (Phi) is 5.82. The standard InChI is InChI=1S/C17H18N4O4S/c1-10(22)14-8-20-15(9-19-14)21-17(23)16(18)11-2-4-12(5-3-11)24-26-25-13-6-7-13/h2-5,8-10,13,18,22H,6-7H2,1H3,(H,20,21,23). The van der Waals surface area contributed by atoms with Crippen molar-refractivity contribution in [3.8, 4) is 5.75 Å². The van der Waals surface area contributed by atoms with Crippen molar-refractivity contribution in [1.82, 2.24) is 9.97 Å². The highest BCUT2D eigenvalue weighted by Crippen LogP contribution is 2.29. The molecule has 9 heteroatoms. The number of carbonyl (C=O) groups excluding carboxylic acids is 1. The van der Waals surface area contributed by atoms with Crippen LogP contribution in [0, 0.1) is 5.41 Å². The zero-order valence-corrected chi connectivity index (χ0v) is 14.8. The summed E-state index contributed by atoms with van der Waals surface area (Å²) < 4.78 is 10.7. The van der Waals surface area contributed by atoms with E-state index >= 15 is 0 Å². The molecule has 1 aliphatic rings. The largest absolute Gasteiger partial charge is 0.400 e. The van der Waals surface area contributed by atoms with E-state index in [-0.39, 0.29) is 17.6 Å². The Labute approximate surface area is 154 Å². The third-order valence-electron chi connectivity index (χ3n) is 3.54. The molecule has 8 nitrogen and oxygen atoms in total. The summed E-state index contributed by atoms with van der Waals surface area (Å²) in [5.41, 5.74) is 0.633. The number of rotatable bonds is 8. The van der Waals surface area contributed by atoms with Gasteiger partial charge in [0.05, 0.1) is 30.3 Å². The van der Waals surface area contributed by atoms with Crippen LogP contribution in [0.25, 0.3) is 0 Å². The third kappa shape index (κ3) is 5.01. The van der Waals surface area contributed by atoms with Gasteiger partial charge in [0.1, 0.15) is 11.5 Å². The Bertz CT molecular complexity index is 776. The quantitative estimate of drug-likeness (QED) is 0.480. The molecular formula is C17H18N4O4S. The zero-order chi connectivity index (χ0) is 18.5. The van der Waals surface area contributed by atoms with Crippen molar-refractivity contribution in [1.29, 1.82) is 5.41 Å². The zero-order valence-electron chi connectivity index (χ0n) is 14.0. The number of aliphatic hydroxyl groups excluding tert-OH is 1. The van der Waals surface area contributed by atoms with Gasteiger partial charge in [-0.05, 0) is 44.0 Å². The van der Waals surface area contributed by atoms with Crippen LogP contribution in [0.2, 0.25) is 0 Å². The second-order valence-electron chi connectivity index (χ2n) is 5.80. The van der Waals surface area contributed by atoms with Gasteiger partial charge in [0, 0.05) is 5.56 Å². The van der Waals surface area contributed by atoms with Gasteiger partial charge in [-0.25, -0.2) is 4.98 Å². The minimum absolute atomic E-state index is 0.206. The fourth-order valence-electron chi connectivity index (χ4n) is 1.88. The topological polar surface area (TPSA) is 117 Å². The lowest BCUT2D eigenvalue weighted by atomic mass is 10.1. The minimum Gasteiger partial charge on any atom is -0.400 e. The third-order valence-corrected chi connectivity index (χ3v) is 4.15. The molecule has 1 heterocycles. The van der Waals surface area contributed by atoms with Crippen molar-refractivity contribution in [2.45, 2.75) is 32.0 Å². The Morgan fingerprint density at radius 1 is 1.31 bits per heavy atom. The number of nitrogens with one attached hydrogen (secondary N) is 2. The molecule has 1 aliphatic carbocycles. The molecule has 3 N–H and O–H groups in total. The molecule has 1 aromatic carbocycles. The number of hydrogen-bond donors (Lipinski definition) is 3. The second-order valence-corrected chi connectivity index (χ2v) is 6.30. The van der Waals surface area contributed by atoms with Crippen molar-refractivity contribution in [3.63, 3.8) is 0 Å². The van der Waals surface area contributed by atoms with E-state index in [2.05, 4.69) is 15.3 Å². The van der Waals surface area contributed by atoms with Gasteiger partial charge in [0.15, 0.2) is 5.82 Å². The molecule has 1 saturated carbocycles. The minimum atomic E-state index is -0.737. The molecular weight excluding hydrogens is 356 g/mol. The van der Waals surface area contributed by atoms with Crippen LogP contribution in [-0.4, -0.2) is 32.8 Å². The number of carbonyl (C=O) groups is 1. The molecule has 1 fully saturated rings. The average Bonchev–Trinajstić information content (AvgIpc) is 3.46. The molecule has 26 heavy (non-hydrogen) atoms. The lowest BCUT2D eigenvalue weighted by Crippen LogP contribution is -2.23. The Hall–Kier alpha value is -2.49. The fraction of sp³-hybridized carbons (Fsp3) is 0.294. The lowest BCUT2D eigenvalue weighted by Gasteiger charge is -2.08. The number of aliphatic hydroxyl groups is 1. The fourth-order valence-corrected chi connectivity index (χ4v) is 2.42. The lowest BCUT2D eigenvalue weighted by molar-refractivity contribution is -0.110. The van der Waals surface area contributed by atoms with E-state index < -0.39 is 12.0 Å². The molecule has 3 rings (SSSR count). The Morgan fingerprint density at radius 3 is 2.62 bits per heavy atom. The van der Waals surface area contributed by atoms with E-state index in [1.807, 2.05) is 0 Å². The van der Waals surface area contributed by atoms with Crippen LogP contribution in [0.5, 0.6) is 5.75 Å². The van der Waals surface area contributed by atoms with Crippen molar-refractivity contribution in [2.75, 3.05) is 5.32 Å². The van der Waals surface area contributed by atoms with E-state index in [1.165, 1.54) is 12.4 Å². The SMILES string of the molecule is CC(O)c1cnc(NC(=O)C(=N)c2ccc(OSOC3CC3)cc2)cn1. The van der Waals surface area contributed by atoms with Crippen molar-refractivity contribution in [2.24, 2.45) is 0 Å². The first-order valence-electron chi connectivity index (χ1n) is 8.03. The first-order chi connectivity index (χ1) is 12.5. The summed E-state index contributed by atoms with van der Waals surface area (Å²) in [6, 6.07) is 6.57. The maximum atomic E-state index is 12.2. The highest BCUT2D eigenvalue weighted by atomic mass is 32.2. The van der Waals surface area contributed by atoms with Crippen LogP contribution < -0.4 is 9.50 Å². The average molecular weight is 374 g/mol. The Balaban J connectivity index is 1.54. The summed E-state index contributed by atoms with van der Waals surface area (Å²) in [4.78, 5) is 20.1. The van der Waals surface area contributed by atoms with E-state index in [4.69, 9.17) is 13.8 Å². The maximum Gasteiger partial charge on any atom is 0.275 e. The van der Waals surface area contributed by atoms with E-state index in [1.54, 1.807) is 31.2 Å². The summed E-state index contributed by atoms with van der Waals surface area (Å²) in [7, 11) is 0. The molecule has 0 bridgehead atoms. The molecule has 0 radical (unpaired) electrons. The number of amides is 1. The normalized spacial score (nSPS) is 14.5. The number of anilines is 1. The predicted molar refractivity (Wildman–Crippen MR) is 96.9 cm³/mol. The van der Waals surface area contributed by atoms with Gasteiger partial charge in [0.2, 0.25) is 12.3 Å². The number of hydrogen-bond acceptors (Lipinski definition) is 8. The summed E-state index contributed by atoms with van der Waals surface area (Å²) in [6.07, 6.45) is 4.38. The highest BCUT2D eigenvalue weighted by Gasteiger charge is 2.23. The van der Waals surface area contributed by atoms with Gasteiger partial charge in [-0.2, -0.15) is 0 Å². The molecule has 1 aromatic heterocycles. The van der Waals surface area contributed by atoms with Crippen LogP contribution in [-0.2, 0) is 8.98 Å². The van der Waals surface area contributed by atoms with E-state index in [9.17, 15) is 9.90 Å². The maximum absolute atomic E-state index is 12.2. The molecule has 136 valence electrons. The smallest absolute Gasteiger partial charge is 0.275 e. The van der Waals surface area contributed by atoms with Crippen LogP contribution >= 0.6 is 12.3 Å². The highest BCUT2D eigenvalue weighted by molar-refractivity contribution is 7.90. The van der Waals surface area contributed by atoms with Gasteiger partial charge in [-0.15, -0.1) is 0 Å². The second kappa shape index (κ2) is 8.26. The van der Waals surface area contributed by atoms with E-state index in [0.29, 0.717) is 17.0 Å². The number of nitrogens with zero attached hydrogens (tertiary/aromatic N) is 2. The number of aromatic nitrogens is 2. The Morgan fingerprint density at radius 2 is 2.04 bits per heavy atom. The van der Waals surface area contributed by atoms with Crippen LogP contribution in [0.15, 0.2) is 36.7 Å². The summed E-state index contributed by atoms with van der Waals surface area (Å²) in [5, 5.41) is 19.9. The van der Waals surface area contributed by atoms with Crippen LogP contribution in [0.3, 0.4) is 0 Å². The van der Waals surface area contributed by atoms with Gasteiger partial charge in [0.25, 0.3) is 5.91 Å². The van der Waals surface area contributed by atoms with Crippen molar-refractivity contribution in [3.05, 3.63) is 47.9 Å². The first kappa shape index (κ1) is 18.3. The molecule has 2 aromatic rings. The van der Waals surface area contributed by atoms with Gasteiger partial charge >= 0.3 is 0 Å². The molecule has 1 unspecified atom stereocenters. The molecule has 0 saturated heterocycles. The summed E-state index contributed by atoms with van der Waals surface area (Å²) in [6.45, 7) is 1.57. The molecule has 1 atom stereocenters. The molecule has 0 aliphatic heterocycles. The van der Waals surface area contributed by atoms with Crippen LogP contribution in [0.4, 0.5) is 5.82 Å². The molecule has 0 spiro atoms. The van der Waals surface area contributed by atoms with E-state index in [0.717, 1.165) is 25.2 Å². The predicted octanol–water partition coefficient (Wildman–Crippen LogP) is 2.66. The summed E-state index contributed by atoms with van der Waals surface area (Å²) >= 11 is 0.936. The van der Waals surface area contributed by atoms with Gasteiger partial charge in [-0.3, -0.25) is 19.4 Å². The number of benzene rings is 1. The van der Waals surface area contributed by atoms with Gasteiger partial charge < -0.3 is 14.6 Å². The van der Waals surface area contributed by atoms with Crippen LogP contribution in [0.1, 0.15) is 37.1 Å². The summed E-state index contributed by atoms with van der Waals surface area (Å²) in [5.74, 6) is 0.175. The van der Waals surface area contributed by atoms with Crippen molar-refractivity contribution < 1.29 is 18.3 Å². The van der Waals surface area contributed by atoms with Crippen molar-refractivity contribution >= 4 is 29.8 Å².